The van der Waals surface area contributed by atoms with E-state index in [1.165, 1.54) is 6.07 Å². The Balaban J connectivity index is 1.77. The molecule has 0 atom stereocenters. The lowest BCUT2D eigenvalue weighted by molar-refractivity contribution is -0.124. The molecule has 4 nitrogen and oxygen atoms in total. The lowest BCUT2D eigenvalue weighted by atomic mass is 10.1. The van der Waals surface area contributed by atoms with Crippen LogP contribution in [0.5, 0.6) is 5.75 Å². The van der Waals surface area contributed by atoms with Crippen molar-refractivity contribution in [2.24, 2.45) is 0 Å². The van der Waals surface area contributed by atoms with Crippen molar-refractivity contribution in [2.75, 3.05) is 19.8 Å². The minimum atomic E-state index is -0.415. The zero-order chi connectivity index (χ0) is 13.7. The number of nitrogens with one attached hydrogen (secondary N) is 1. The minimum Gasteiger partial charge on any atom is -0.484 e. The summed E-state index contributed by atoms with van der Waals surface area (Å²) in [6, 6.07) is 4.54. The first-order valence-corrected chi connectivity index (χ1v) is 6.89. The van der Waals surface area contributed by atoms with Crippen LogP contribution in [0, 0.1) is 5.82 Å². The number of hydrogen-bond donors (Lipinski definition) is 1. The topological polar surface area (TPSA) is 47.6 Å². The zero-order valence-electron chi connectivity index (χ0n) is 10.3. The van der Waals surface area contributed by atoms with Crippen LogP contribution >= 0.6 is 15.9 Å². The number of benzene rings is 1. The molecule has 0 spiro atoms. The molecule has 1 aromatic rings. The molecule has 0 radical (unpaired) electrons. The first-order valence-electron chi connectivity index (χ1n) is 6.10. The van der Waals surface area contributed by atoms with Crippen LogP contribution in [0.4, 0.5) is 4.39 Å². The van der Waals surface area contributed by atoms with Crippen molar-refractivity contribution in [1.82, 2.24) is 5.32 Å². The molecule has 1 aliphatic rings. The van der Waals surface area contributed by atoms with Gasteiger partial charge in [0.05, 0.1) is 4.47 Å². The van der Waals surface area contributed by atoms with Gasteiger partial charge in [-0.1, -0.05) is 0 Å². The van der Waals surface area contributed by atoms with E-state index < -0.39 is 5.82 Å². The molecule has 1 saturated heterocycles. The molecule has 0 unspecified atom stereocenters. The highest BCUT2D eigenvalue weighted by atomic mass is 79.9. The maximum absolute atomic E-state index is 13.2. The highest BCUT2D eigenvalue weighted by Crippen LogP contribution is 2.20. The third kappa shape index (κ3) is 4.47. The number of halogens is 2. The van der Waals surface area contributed by atoms with Gasteiger partial charge in [-0.3, -0.25) is 4.79 Å². The summed E-state index contributed by atoms with van der Waals surface area (Å²) in [5, 5.41) is 2.87. The van der Waals surface area contributed by atoms with Gasteiger partial charge in [0.2, 0.25) is 0 Å². The summed E-state index contributed by atoms with van der Waals surface area (Å²) in [6.07, 6.45) is 1.64. The van der Waals surface area contributed by atoms with Gasteiger partial charge in [0, 0.05) is 25.3 Å². The maximum atomic E-state index is 13.2. The molecule has 6 heteroatoms. The predicted octanol–water partition coefficient (Wildman–Crippen LogP) is 2.26. The number of carbonyl (C=O) groups excluding carboxylic acids is 1. The van der Waals surface area contributed by atoms with Crippen LogP contribution in [-0.2, 0) is 9.53 Å². The van der Waals surface area contributed by atoms with Crippen LogP contribution in [0.1, 0.15) is 12.8 Å². The monoisotopic (exact) mass is 331 g/mol. The Morgan fingerprint density at radius 3 is 2.89 bits per heavy atom. The highest BCUT2D eigenvalue weighted by molar-refractivity contribution is 9.10. The van der Waals surface area contributed by atoms with Gasteiger partial charge in [0.15, 0.2) is 6.61 Å². The minimum absolute atomic E-state index is 0.113. The fraction of sp³-hybridized carbons (Fsp3) is 0.462. The maximum Gasteiger partial charge on any atom is 0.258 e. The van der Waals surface area contributed by atoms with Crippen molar-refractivity contribution in [3.8, 4) is 5.75 Å². The van der Waals surface area contributed by atoms with E-state index in [4.69, 9.17) is 9.47 Å². The molecule has 2 rings (SSSR count). The van der Waals surface area contributed by atoms with Gasteiger partial charge in [0.1, 0.15) is 11.6 Å². The number of amides is 1. The summed E-state index contributed by atoms with van der Waals surface area (Å²) >= 11 is 3.05. The Morgan fingerprint density at radius 1 is 1.47 bits per heavy atom. The van der Waals surface area contributed by atoms with Gasteiger partial charge in [-0.25, -0.2) is 4.39 Å². The molecular weight excluding hydrogens is 317 g/mol. The zero-order valence-corrected chi connectivity index (χ0v) is 11.9. The molecule has 1 heterocycles. The van der Waals surface area contributed by atoms with E-state index >= 15 is 0 Å². The Morgan fingerprint density at radius 2 is 2.21 bits per heavy atom. The molecule has 0 aromatic heterocycles. The third-order valence-corrected chi connectivity index (χ3v) is 3.49. The van der Waals surface area contributed by atoms with Gasteiger partial charge in [-0.05, 0) is 40.9 Å². The van der Waals surface area contributed by atoms with Gasteiger partial charge in [0.25, 0.3) is 5.91 Å². The van der Waals surface area contributed by atoms with E-state index in [1.54, 1.807) is 12.1 Å². The van der Waals surface area contributed by atoms with Crippen molar-refractivity contribution in [3.05, 3.63) is 28.5 Å². The van der Waals surface area contributed by atoms with Crippen molar-refractivity contribution in [1.29, 1.82) is 0 Å². The van der Waals surface area contributed by atoms with Crippen LogP contribution in [0.3, 0.4) is 0 Å². The van der Waals surface area contributed by atoms with Crippen molar-refractivity contribution >= 4 is 21.8 Å². The first-order chi connectivity index (χ1) is 9.15. The van der Waals surface area contributed by atoms with E-state index in [9.17, 15) is 9.18 Å². The number of ether oxygens (including phenoxy) is 2. The molecule has 19 heavy (non-hydrogen) atoms. The van der Waals surface area contributed by atoms with Crippen molar-refractivity contribution in [2.45, 2.75) is 18.9 Å². The van der Waals surface area contributed by atoms with E-state index in [2.05, 4.69) is 21.2 Å². The molecule has 0 bridgehead atoms. The molecule has 1 aliphatic heterocycles. The van der Waals surface area contributed by atoms with Crippen molar-refractivity contribution in [3.63, 3.8) is 0 Å². The summed E-state index contributed by atoms with van der Waals surface area (Å²) in [5.74, 6) is -0.277. The normalized spacial score (nSPS) is 16.1. The molecule has 1 N–H and O–H groups in total. The summed E-state index contributed by atoms with van der Waals surface area (Å²) in [5.41, 5.74) is 0. The Kier molecular flexibility index (Phi) is 5.15. The third-order valence-electron chi connectivity index (χ3n) is 2.85. The molecule has 1 amide bonds. The smallest absolute Gasteiger partial charge is 0.258 e. The summed E-state index contributed by atoms with van der Waals surface area (Å²) in [4.78, 5) is 11.7. The Hall–Kier alpha value is -1.14. The van der Waals surface area contributed by atoms with Gasteiger partial charge in [-0.15, -0.1) is 0 Å². The summed E-state index contributed by atoms with van der Waals surface area (Å²) in [6.45, 7) is 1.23. The molecule has 1 aromatic carbocycles. The van der Waals surface area contributed by atoms with Crippen LogP contribution < -0.4 is 10.1 Å². The molecule has 104 valence electrons. The summed E-state index contributed by atoms with van der Waals surface area (Å²) < 4.78 is 24.0. The van der Waals surface area contributed by atoms with Gasteiger partial charge in [-0.2, -0.15) is 0 Å². The van der Waals surface area contributed by atoms with E-state index in [0.29, 0.717) is 23.4 Å². The van der Waals surface area contributed by atoms with Crippen LogP contribution in [0.2, 0.25) is 0 Å². The van der Waals surface area contributed by atoms with Crippen LogP contribution in [0.25, 0.3) is 0 Å². The van der Waals surface area contributed by atoms with Crippen molar-refractivity contribution < 1.29 is 18.7 Å². The molecular formula is C13H15BrFNO3. The molecule has 1 fully saturated rings. The second kappa shape index (κ2) is 6.86. The Bertz CT molecular complexity index is 450. The number of rotatable bonds is 4. The molecule has 0 aliphatic carbocycles. The Labute approximate surface area is 119 Å². The largest absolute Gasteiger partial charge is 0.484 e. The number of carbonyl (C=O) groups is 1. The standard InChI is InChI=1S/C13H15BrFNO3/c14-11-2-1-10(7-12(11)15)19-8-13(17)16-9-3-5-18-6-4-9/h1-2,7,9H,3-6,8H2,(H,16,17). The number of hydrogen-bond acceptors (Lipinski definition) is 3. The lowest BCUT2D eigenvalue weighted by Gasteiger charge is -2.23. The molecule has 0 saturated carbocycles. The van der Waals surface area contributed by atoms with E-state index in [-0.39, 0.29) is 18.6 Å². The van der Waals surface area contributed by atoms with E-state index in [0.717, 1.165) is 12.8 Å². The van der Waals surface area contributed by atoms with Gasteiger partial charge >= 0.3 is 0 Å². The fourth-order valence-corrected chi connectivity index (χ4v) is 2.07. The quantitative estimate of drug-likeness (QED) is 0.920. The van der Waals surface area contributed by atoms with Crippen LogP contribution in [-0.4, -0.2) is 31.8 Å². The summed E-state index contributed by atoms with van der Waals surface area (Å²) in [7, 11) is 0. The predicted molar refractivity (Wildman–Crippen MR) is 71.6 cm³/mol. The van der Waals surface area contributed by atoms with Crippen LogP contribution in [0.15, 0.2) is 22.7 Å². The van der Waals surface area contributed by atoms with E-state index in [1.807, 2.05) is 0 Å². The second-order valence-electron chi connectivity index (χ2n) is 4.32. The highest BCUT2D eigenvalue weighted by Gasteiger charge is 2.16. The SMILES string of the molecule is O=C(COc1ccc(Br)c(F)c1)NC1CCOCC1. The lowest BCUT2D eigenvalue weighted by Crippen LogP contribution is -2.41. The fourth-order valence-electron chi connectivity index (χ4n) is 1.83. The van der Waals surface area contributed by atoms with Gasteiger partial charge < -0.3 is 14.8 Å². The first kappa shape index (κ1) is 14.3. The average Bonchev–Trinajstić information content (AvgIpc) is 2.41. The second-order valence-corrected chi connectivity index (χ2v) is 5.17. The average molecular weight is 332 g/mol.